The molecule has 0 radical (unpaired) electrons. The molecular formula is C9H16O2. The summed E-state index contributed by atoms with van der Waals surface area (Å²) < 4.78 is 0. The van der Waals surface area contributed by atoms with Crippen molar-refractivity contribution in [2.24, 2.45) is 0 Å². The van der Waals surface area contributed by atoms with Gasteiger partial charge >= 0.3 is 0 Å². The molecule has 0 spiro atoms. The van der Waals surface area contributed by atoms with Crippen molar-refractivity contribution in [1.82, 2.24) is 0 Å². The summed E-state index contributed by atoms with van der Waals surface area (Å²) in [4.78, 5) is 0. The van der Waals surface area contributed by atoms with Crippen molar-refractivity contribution in [3.8, 4) is 11.8 Å². The third kappa shape index (κ3) is 9.48. The molecule has 2 N–H and O–H groups in total. The smallest absolute Gasteiger partial charge is 0.0621 e. The van der Waals surface area contributed by atoms with E-state index < -0.39 is 0 Å². The van der Waals surface area contributed by atoms with E-state index in [0.29, 0.717) is 6.42 Å². The summed E-state index contributed by atoms with van der Waals surface area (Å²) in [5, 5.41) is 17.2. The lowest BCUT2D eigenvalue weighted by atomic mass is 10.2. The fourth-order valence-corrected chi connectivity index (χ4v) is 0.633. The molecule has 64 valence electrons. The Morgan fingerprint density at radius 2 is 2.00 bits per heavy atom. The van der Waals surface area contributed by atoms with Crippen LogP contribution in [0.25, 0.3) is 0 Å². The molecule has 1 unspecified atom stereocenters. The number of aliphatic hydroxyl groups is 2. The molecule has 0 bridgehead atoms. The van der Waals surface area contributed by atoms with E-state index in [0.717, 1.165) is 19.3 Å². The Kier molecular flexibility index (Phi) is 7.23. The van der Waals surface area contributed by atoms with Crippen molar-refractivity contribution in [3.63, 3.8) is 0 Å². The van der Waals surface area contributed by atoms with Gasteiger partial charge in [-0.3, -0.25) is 0 Å². The minimum absolute atomic E-state index is 0.248. The molecule has 0 aliphatic carbocycles. The van der Waals surface area contributed by atoms with Crippen molar-refractivity contribution < 1.29 is 10.2 Å². The Morgan fingerprint density at radius 1 is 1.27 bits per heavy atom. The minimum Gasteiger partial charge on any atom is -0.396 e. The molecule has 0 fully saturated rings. The van der Waals surface area contributed by atoms with Crippen molar-refractivity contribution in [2.75, 3.05) is 6.61 Å². The molecule has 0 saturated carbocycles. The number of rotatable bonds is 4. The summed E-state index contributed by atoms with van der Waals surface area (Å²) >= 11 is 0. The van der Waals surface area contributed by atoms with Gasteiger partial charge < -0.3 is 10.2 Å². The van der Waals surface area contributed by atoms with E-state index in [9.17, 15) is 0 Å². The van der Waals surface area contributed by atoms with Gasteiger partial charge in [0.2, 0.25) is 0 Å². The van der Waals surface area contributed by atoms with Crippen LogP contribution in [0.2, 0.25) is 0 Å². The number of hydrogen-bond acceptors (Lipinski definition) is 2. The van der Waals surface area contributed by atoms with Crippen molar-refractivity contribution in [3.05, 3.63) is 0 Å². The lowest BCUT2D eigenvalue weighted by Crippen LogP contribution is -1.95. The maximum absolute atomic E-state index is 8.81. The zero-order chi connectivity index (χ0) is 8.53. The Labute approximate surface area is 68.2 Å². The van der Waals surface area contributed by atoms with Gasteiger partial charge in [-0.25, -0.2) is 0 Å². The second-order valence-electron chi connectivity index (χ2n) is 2.59. The highest BCUT2D eigenvalue weighted by Crippen LogP contribution is 1.92. The van der Waals surface area contributed by atoms with E-state index >= 15 is 0 Å². The first kappa shape index (κ1) is 10.5. The van der Waals surface area contributed by atoms with E-state index in [2.05, 4.69) is 11.8 Å². The maximum atomic E-state index is 8.81. The Morgan fingerprint density at radius 3 is 2.55 bits per heavy atom. The Bertz CT molecular complexity index is 130. The molecule has 11 heavy (non-hydrogen) atoms. The van der Waals surface area contributed by atoms with Crippen LogP contribution in [0.3, 0.4) is 0 Å². The van der Waals surface area contributed by atoms with E-state index in [-0.39, 0.29) is 12.7 Å². The number of unbranched alkanes of at least 4 members (excludes halogenated alkanes) is 2. The highest BCUT2D eigenvalue weighted by molar-refractivity contribution is 4.99. The average Bonchev–Trinajstić information content (AvgIpc) is 1.96. The normalized spacial score (nSPS) is 11.9. The van der Waals surface area contributed by atoms with Crippen molar-refractivity contribution in [1.29, 1.82) is 0 Å². The number of aliphatic hydroxyl groups excluding tert-OH is 2. The van der Waals surface area contributed by atoms with E-state index in [4.69, 9.17) is 10.2 Å². The first-order valence-corrected chi connectivity index (χ1v) is 4.02. The quantitative estimate of drug-likeness (QED) is 0.469. The van der Waals surface area contributed by atoms with Gasteiger partial charge in [0.15, 0.2) is 0 Å². The largest absolute Gasteiger partial charge is 0.396 e. The van der Waals surface area contributed by atoms with Crippen molar-refractivity contribution >= 4 is 0 Å². The summed E-state index contributed by atoms with van der Waals surface area (Å²) in [6, 6.07) is 0. The van der Waals surface area contributed by atoms with Crippen LogP contribution in [0.4, 0.5) is 0 Å². The highest BCUT2D eigenvalue weighted by atomic mass is 16.3. The molecule has 0 aromatic carbocycles. The van der Waals surface area contributed by atoms with E-state index in [1.165, 1.54) is 0 Å². The van der Waals surface area contributed by atoms with Gasteiger partial charge in [-0.2, -0.15) is 0 Å². The fraction of sp³-hybridized carbons (Fsp3) is 0.778. The van der Waals surface area contributed by atoms with Crippen molar-refractivity contribution in [2.45, 2.75) is 38.7 Å². The average molecular weight is 156 g/mol. The molecule has 0 rings (SSSR count). The molecule has 0 aliphatic heterocycles. The highest BCUT2D eigenvalue weighted by Gasteiger charge is 1.87. The Hall–Kier alpha value is -0.520. The minimum atomic E-state index is -0.319. The third-order valence-electron chi connectivity index (χ3n) is 1.23. The summed E-state index contributed by atoms with van der Waals surface area (Å²) in [7, 11) is 0. The molecule has 1 atom stereocenters. The van der Waals surface area contributed by atoms with Gasteiger partial charge in [-0.05, 0) is 19.8 Å². The molecule has 0 heterocycles. The van der Waals surface area contributed by atoms with Crippen LogP contribution in [0.1, 0.15) is 32.6 Å². The second kappa shape index (κ2) is 7.59. The molecular weight excluding hydrogens is 140 g/mol. The topological polar surface area (TPSA) is 40.5 Å². The predicted molar refractivity (Wildman–Crippen MR) is 45.0 cm³/mol. The zero-order valence-electron chi connectivity index (χ0n) is 7.01. The number of hydrogen-bond donors (Lipinski definition) is 2. The van der Waals surface area contributed by atoms with Gasteiger partial charge in [0.1, 0.15) is 0 Å². The first-order valence-electron chi connectivity index (χ1n) is 4.02. The molecule has 0 saturated heterocycles. The lowest BCUT2D eigenvalue weighted by molar-refractivity contribution is 0.201. The van der Waals surface area contributed by atoms with Crippen LogP contribution in [-0.4, -0.2) is 22.9 Å². The van der Waals surface area contributed by atoms with Crippen LogP contribution < -0.4 is 0 Å². The SMILES string of the molecule is CC(O)CC#CCCCCO. The van der Waals surface area contributed by atoms with Gasteiger partial charge in [-0.15, -0.1) is 11.8 Å². The van der Waals surface area contributed by atoms with Gasteiger partial charge in [0.25, 0.3) is 0 Å². The second-order valence-corrected chi connectivity index (χ2v) is 2.59. The predicted octanol–water partition coefficient (Wildman–Crippen LogP) is 0.923. The molecule has 0 aromatic rings. The van der Waals surface area contributed by atoms with Gasteiger partial charge in [-0.1, -0.05) is 0 Å². The maximum Gasteiger partial charge on any atom is 0.0621 e. The lowest BCUT2D eigenvalue weighted by Gasteiger charge is -1.93. The van der Waals surface area contributed by atoms with Crippen LogP contribution >= 0.6 is 0 Å². The summed E-state index contributed by atoms with van der Waals surface area (Å²) in [6.07, 6.45) is 2.83. The van der Waals surface area contributed by atoms with Crippen LogP contribution in [0, 0.1) is 11.8 Å². The fourth-order valence-electron chi connectivity index (χ4n) is 0.633. The summed E-state index contributed by atoms with van der Waals surface area (Å²) in [5.74, 6) is 5.79. The third-order valence-corrected chi connectivity index (χ3v) is 1.23. The molecule has 2 nitrogen and oxygen atoms in total. The molecule has 0 aromatic heterocycles. The molecule has 0 amide bonds. The summed E-state index contributed by atoms with van der Waals surface area (Å²) in [5.41, 5.74) is 0. The van der Waals surface area contributed by atoms with Crippen LogP contribution in [0.5, 0.6) is 0 Å². The monoisotopic (exact) mass is 156 g/mol. The summed E-state index contributed by atoms with van der Waals surface area (Å²) in [6.45, 7) is 1.97. The van der Waals surface area contributed by atoms with Crippen LogP contribution in [-0.2, 0) is 0 Å². The zero-order valence-corrected chi connectivity index (χ0v) is 7.01. The van der Waals surface area contributed by atoms with Crippen LogP contribution in [0.15, 0.2) is 0 Å². The van der Waals surface area contributed by atoms with Gasteiger partial charge in [0, 0.05) is 19.4 Å². The van der Waals surface area contributed by atoms with E-state index in [1.807, 2.05) is 0 Å². The standard InChI is InChI=1S/C9H16O2/c1-9(11)7-5-3-2-4-6-8-10/h9-11H,2,4,6-8H2,1H3. The Balaban J connectivity index is 3.12. The van der Waals surface area contributed by atoms with Gasteiger partial charge in [0.05, 0.1) is 6.10 Å². The first-order chi connectivity index (χ1) is 5.27. The van der Waals surface area contributed by atoms with E-state index in [1.54, 1.807) is 6.92 Å². The molecule has 0 aliphatic rings. The molecule has 2 heteroatoms.